The molecule has 0 unspecified atom stereocenters. The Morgan fingerprint density at radius 2 is 1.58 bits per heavy atom. The van der Waals surface area contributed by atoms with E-state index in [1.165, 1.54) is 44.2 Å². The van der Waals surface area contributed by atoms with Gasteiger partial charge in [0.1, 0.15) is 0 Å². The average Bonchev–Trinajstić information content (AvgIpc) is 2.42. The van der Waals surface area contributed by atoms with Gasteiger partial charge >= 0.3 is 0 Å². The van der Waals surface area contributed by atoms with Crippen molar-refractivity contribution in [1.29, 1.82) is 0 Å². The molecule has 5 nitrogen and oxygen atoms in total. The zero-order valence-corrected chi connectivity index (χ0v) is 12.4. The molecule has 2 fully saturated rings. The molecule has 2 rings (SSSR count). The fraction of sp³-hybridized carbons (Fsp3) is 0.929. The van der Waals surface area contributed by atoms with Crippen LogP contribution in [0.5, 0.6) is 0 Å². The lowest BCUT2D eigenvalue weighted by molar-refractivity contribution is 0.00582. The normalized spacial score (nSPS) is 22.6. The van der Waals surface area contributed by atoms with Crippen LogP contribution in [-0.4, -0.2) is 30.6 Å². The number of nitrogens with one attached hydrogen (secondary N) is 1. The molecule has 2 aliphatic rings. The molecule has 0 radical (unpaired) electrons. The van der Waals surface area contributed by atoms with Gasteiger partial charge in [-0.25, -0.2) is 0 Å². The number of azo groups is 1. The Balaban J connectivity index is 0.000000191. The fourth-order valence-electron chi connectivity index (χ4n) is 2.63. The highest BCUT2D eigenvalue weighted by atomic mass is 16.3. The monoisotopic (exact) mass is 268 g/mol. The number of hydrazone groups is 1. The molecular formula is C14H28N4O. The van der Waals surface area contributed by atoms with E-state index >= 15 is 0 Å². The van der Waals surface area contributed by atoms with E-state index in [1.807, 2.05) is 7.05 Å². The van der Waals surface area contributed by atoms with Crippen LogP contribution in [0.15, 0.2) is 15.3 Å². The van der Waals surface area contributed by atoms with Crippen LogP contribution >= 0.6 is 0 Å². The molecule has 0 bridgehead atoms. The molecule has 0 aromatic heterocycles. The van der Waals surface area contributed by atoms with Crippen LogP contribution in [0.1, 0.15) is 64.2 Å². The van der Waals surface area contributed by atoms with Crippen molar-refractivity contribution in [3.63, 3.8) is 0 Å². The molecule has 19 heavy (non-hydrogen) atoms. The summed E-state index contributed by atoms with van der Waals surface area (Å²) in [5.41, 5.74) is 3.36. The predicted molar refractivity (Wildman–Crippen MR) is 78.4 cm³/mol. The molecule has 2 aliphatic carbocycles. The zero-order chi connectivity index (χ0) is 14.0. The maximum Gasteiger partial charge on any atom is 0.176 e. The topological polar surface area (TPSA) is 69.3 Å². The number of hydrogen-bond donors (Lipinski definition) is 2. The third-order valence-electron chi connectivity index (χ3n) is 3.64. The van der Waals surface area contributed by atoms with Crippen molar-refractivity contribution in [3.05, 3.63) is 0 Å². The largest absolute Gasteiger partial charge is 0.368 e. The minimum absolute atomic E-state index is 0.782. The zero-order valence-electron chi connectivity index (χ0n) is 12.4. The van der Waals surface area contributed by atoms with Gasteiger partial charge in [-0.3, -0.25) is 0 Å². The van der Waals surface area contributed by atoms with E-state index in [0.717, 1.165) is 25.7 Å². The molecule has 0 saturated heterocycles. The van der Waals surface area contributed by atoms with Crippen molar-refractivity contribution < 1.29 is 5.11 Å². The Morgan fingerprint density at radius 1 is 1.00 bits per heavy atom. The highest BCUT2D eigenvalue weighted by molar-refractivity contribution is 5.84. The first kappa shape index (κ1) is 16.1. The number of rotatable bonds is 2. The smallest absolute Gasteiger partial charge is 0.176 e. The van der Waals surface area contributed by atoms with Crippen LogP contribution in [0.25, 0.3) is 0 Å². The first-order valence-electron chi connectivity index (χ1n) is 7.46. The molecule has 2 saturated carbocycles. The third-order valence-corrected chi connectivity index (χ3v) is 3.64. The summed E-state index contributed by atoms with van der Waals surface area (Å²) in [7, 11) is 3.47. The summed E-state index contributed by atoms with van der Waals surface area (Å²) < 4.78 is 0. The van der Waals surface area contributed by atoms with E-state index in [9.17, 15) is 5.11 Å². The maximum absolute atomic E-state index is 9.61. The first-order valence-corrected chi connectivity index (χ1v) is 7.46. The molecule has 0 amide bonds. The molecular weight excluding hydrogens is 240 g/mol. The number of hydrogen-bond acceptors (Lipinski definition) is 5. The lowest BCUT2D eigenvalue weighted by Gasteiger charge is -2.26. The van der Waals surface area contributed by atoms with E-state index in [-0.39, 0.29) is 0 Å². The van der Waals surface area contributed by atoms with E-state index < -0.39 is 5.72 Å². The van der Waals surface area contributed by atoms with Crippen LogP contribution in [0.4, 0.5) is 0 Å². The van der Waals surface area contributed by atoms with Crippen molar-refractivity contribution >= 4 is 5.71 Å². The Kier molecular flexibility index (Phi) is 7.63. The van der Waals surface area contributed by atoms with Crippen molar-refractivity contribution in [1.82, 2.24) is 5.43 Å². The standard InChI is InChI=1S/C7H14N2O.C7H14N2/c1-8-9-7(10)5-3-2-4-6-7;1-8-9-7-5-3-2-4-6-7/h10H,2-6H2,1H3;8H,2-6H2,1H3. The van der Waals surface area contributed by atoms with Crippen molar-refractivity contribution in [3.8, 4) is 0 Å². The second-order valence-corrected chi connectivity index (χ2v) is 5.31. The maximum atomic E-state index is 9.61. The Hall–Kier alpha value is -0.970. The highest BCUT2D eigenvalue weighted by Gasteiger charge is 2.28. The lowest BCUT2D eigenvalue weighted by atomic mass is 9.93. The SMILES string of the molecule is CN=NC1(O)CCCCC1.CNN=C1CCCCC1. The lowest BCUT2D eigenvalue weighted by Crippen LogP contribution is -2.28. The van der Waals surface area contributed by atoms with E-state index in [2.05, 4.69) is 20.8 Å². The van der Waals surface area contributed by atoms with Crippen LogP contribution < -0.4 is 5.43 Å². The van der Waals surface area contributed by atoms with E-state index in [0.29, 0.717) is 0 Å². The summed E-state index contributed by atoms with van der Waals surface area (Å²) in [5.74, 6) is 0. The molecule has 0 aromatic rings. The third kappa shape index (κ3) is 6.66. The summed E-state index contributed by atoms with van der Waals surface area (Å²) in [6, 6.07) is 0. The summed E-state index contributed by atoms with van der Waals surface area (Å²) in [4.78, 5) is 0. The Labute approximate surface area is 116 Å². The molecule has 5 heteroatoms. The van der Waals surface area contributed by atoms with Crippen molar-refractivity contribution in [2.24, 2.45) is 15.3 Å². The van der Waals surface area contributed by atoms with Gasteiger partial charge in [-0.1, -0.05) is 12.8 Å². The van der Waals surface area contributed by atoms with Gasteiger partial charge in [0.05, 0.1) is 0 Å². The summed E-state index contributed by atoms with van der Waals surface area (Å²) in [6.07, 6.45) is 11.4. The Bertz CT molecular complexity index is 288. The summed E-state index contributed by atoms with van der Waals surface area (Å²) in [6.45, 7) is 0. The van der Waals surface area contributed by atoms with Gasteiger partial charge in [-0.05, 0) is 51.4 Å². The van der Waals surface area contributed by atoms with Crippen LogP contribution in [-0.2, 0) is 0 Å². The summed E-state index contributed by atoms with van der Waals surface area (Å²) in [5, 5.41) is 21.2. The van der Waals surface area contributed by atoms with Gasteiger partial charge < -0.3 is 10.5 Å². The van der Waals surface area contributed by atoms with Gasteiger partial charge in [-0.2, -0.15) is 15.3 Å². The first-order chi connectivity index (χ1) is 9.20. The van der Waals surface area contributed by atoms with Gasteiger partial charge in [-0.15, -0.1) is 0 Å². The average molecular weight is 268 g/mol. The summed E-state index contributed by atoms with van der Waals surface area (Å²) >= 11 is 0. The van der Waals surface area contributed by atoms with E-state index in [1.54, 1.807) is 7.05 Å². The van der Waals surface area contributed by atoms with Crippen molar-refractivity contribution in [2.45, 2.75) is 69.9 Å². The minimum atomic E-state index is -0.812. The highest BCUT2D eigenvalue weighted by Crippen LogP contribution is 2.28. The molecule has 0 spiro atoms. The van der Waals surface area contributed by atoms with E-state index in [4.69, 9.17) is 0 Å². The van der Waals surface area contributed by atoms with Gasteiger partial charge in [0.25, 0.3) is 0 Å². The molecule has 0 aromatic carbocycles. The van der Waals surface area contributed by atoms with Crippen LogP contribution in [0, 0.1) is 0 Å². The molecule has 0 heterocycles. The molecule has 0 atom stereocenters. The number of nitrogens with zero attached hydrogens (tertiary/aromatic N) is 3. The second-order valence-electron chi connectivity index (χ2n) is 5.31. The molecule has 0 aliphatic heterocycles. The molecule has 2 N–H and O–H groups in total. The van der Waals surface area contributed by atoms with Gasteiger partial charge in [0, 0.05) is 19.8 Å². The Morgan fingerprint density at radius 3 is 2.11 bits per heavy atom. The van der Waals surface area contributed by atoms with Crippen LogP contribution in [0.3, 0.4) is 0 Å². The van der Waals surface area contributed by atoms with Crippen LogP contribution in [0.2, 0.25) is 0 Å². The van der Waals surface area contributed by atoms with Gasteiger partial charge in [0.15, 0.2) is 5.72 Å². The number of aliphatic hydroxyl groups is 1. The fourth-order valence-corrected chi connectivity index (χ4v) is 2.63. The van der Waals surface area contributed by atoms with Crippen molar-refractivity contribution in [2.75, 3.05) is 14.1 Å². The molecule has 110 valence electrons. The van der Waals surface area contributed by atoms with Gasteiger partial charge in [0.2, 0.25) is 0 Å². The minimum Gasteiger partial charge on any atom is -0.368 e. The predicted octanol–water partition coefficient (Wildman–Crippen LogP) is 3.25. The quantitative estimate of drug-likeness (QED) is 0.596. The second kappa shape index (κ2) is 9.02.